The van der Waals surface area contributed by atoms with Gasteiger partial charge in [-0.15, -0.1) is 0 Å². The predicted molar refractivity (Wildman–Crippen MR) is 84.0 cm³/mol. The molecule has 1 fully saturated rings. The maximum atomic E-state index is 11.8. The quantitative estimate of drug-likeness (QED) is 0.718. The summed E-state index contributed by atoms with van der Waals surface area (Å²) < 4.78 is 5.42. The second-order valence-corrected chi connectivity index (χ2v) is 6.15. The molecular formula is C17H22N2O4. The molecule has 3 rings (SSSR count). The van der Waals surface area contributed by atoms with Crippen molar-refractivity contribution < 1.29 is 19.4 Å². The van der Waals surface area contributed by atoms with Gasteiger partial charge < -0.3 is 20.5 Å². The molecule has 0 aromatic heterocycles. The molecular weight excluding hydrogens is 296 g/mol. The van der Waals surface area contributed by atoms with Crippen LogP contribution in [0.25, 0.3) is 0 Å². The van der Waals surface area contributed by atoms with Crippen LogP contribution in [0.2, 0.25) is 0 Å². The van der Waals surface area contributed by atoms with Crippen LogP contribution in [-0.4, -0.2) is 36.1 Å². The lowest BCUT2D eigenvalue weighted by Gasteiger charge is -2.14. The lowest BCUT2D eigenvalue weighted by molar-refractivity contribution is -0.139. The van der Waals surface area contributed by atoms with Gasteiger partial charge in [0.15, 0.2) is 0 Å². The number of aliphatic hydroxyl groups is 1. The van der Waals surface area contributed by atoms with E-state index in [4.69, 9.17) is 4.74 Å². The molecule has 1 aromatic rings. The first-order valence-corrected chi connectivity index (χ1v) is 8.16. The van der Waals surface area contributed by atoms with Crippen molar-refractivity contribution in [3.8, 4) is 5.75 Å². The number of benzene rings is 1. The molecule has 1 saturated carbocycles. The predicted octanol–water partition coefficient (Wildman–Crippen LogP) is 0.830. The Labute approximate surface area is 135 Å². The molecule has 1 aliphatic carbocycles. The number of fused-ring (bicyclic) bond motifs is 1. The van der Waals surface area contributed by atoms with Crippen LogP contribution in [0.5, 0.6) is 5.75 Å². The zero-order chi connectivity index (χ0) is 16.2. The zero-order valence-electron chi connectivity index (χ0n) is 13.0. The minimum atomic E-state index is -0.843. The summed E-state index contributed by atoms with van der Waals surface area (Å²) in [6, 6.07) is 5.60. The van der Waals surface area contributed by atoms with Gasteiger partial charge in [0.05, 0.1) is 12.7 Å². The lowest BCUT2D eigenvalue weighted by Crippen LogP contribution is -2.44. The average Bonchev–Trinajstić information content (AvgIpc) is 3.22. The number of amides is 2. The van der Waals surface area contributed by atoms with Crippen molar-refractivity contribution in [3.63, 3.8) is 0 Å². The van der Waals surface area contributed by atoms with Crippen LogP contribution < -0.4 is 15.4 Å². The lowest BCUT2D eigenvalue weighted by atomic mass is 10.0. The maximum absolute atomic E-state index is 11.8. The minimum absolute atomic E-state index is 0.0105. The van der Waals surface area contributed by atoms with E-state index in [-0.39, 0.29) is 12.6 Å². The number of carbonyl (C=O) groups excluding carboxylic acids is 2. The molecule has 2 amide bonds. The van der Waals surface area contributed by atoms with E-state index in [9.17, 15) is 14.7 Å². The third-order valence-corrected chi connectivity index (χ3v) is 4.45. The third-order valence-electron chi connectivity index (χ3n) is 4.45. The molecule has 6 heteroatoms. The monoisotopic (exact) mass is 318 g/mol. The Kier molecular flexibility index (Phi) is 4.81. The Hall–Kier alpha value is -2.08. The highest BCUT2D eigenvalue weighted by molar-refractivity contribution is 6.35. The molecule has 6 nitrogen and oxygen atoms in total. The van der Waals surface area contributed by atoms with Gasteiger partial charge in [-0.05, 0) is 36.1 Å². The van der Waals surface area contributed by atoms with Gasteiger partial charge in [0, 0.05) is 19.0 Å². The zero-order valence-corrected chi connectivity index (χ0v) is 13.0. The minimum Gasteiger partial charge on any atom is -0.493 e. The summed E-state index contributed by atoms with van der Waals surface area (Å²) in [5.41, 5.74) is 1.78. The van der Waals surface area contributed by atoms with Crippen LogP contribution in [0.3, 0.4) is 0 Å². The fourth-order valence-corrected chi connectivity index (χ4v) is 3.12. The normalized spacial score (nSPS) is 18.1. The molecule has 1 atom stereocenters. The Morgan fingerprint density at radius 2 is 2.04 bits per heavy atom. The van der Waals surface area contributed by atoms with Crippen LogP contribution >= 0.6 is 0 Å². The van der Waals surface area contributed by atoms with Gasteiger partial charge >= 0.3 is 11.8 Å². The first-order valence-electron chi connectivity index (χ1n) is 8.16. The van der Waals surface area contributed by atoms with E-state index >= 15 is 0 Å². The summed E-state index contributed by atoms with van der Waals surface area (Å²) in [7, 11) is 0. The molecule has 0 saturated heterocycles. The molecule has 1 aromatic carbocycles. The highest BCUT2D eigenvalue weighted by atomic mass is 16.5. The van der Waals surface area contributed by atoms with Crippen LogP contribution in [-0.2, 0) is 16.0 Å². The van der Waals surface area contributed by atoms with Gasteiger partial charge in [-0.3, -0.25) is 9.59 Å². The van der Waals surface area contributed by atoms with Crippen molar-refractivity contribution in [2.45, 2.75) is 44.2 Å². The molecule has 23 heavy (non-hydrogen) atoms. The van der Waals surface area contributed by atoms with Crippen LogP contribution in [0.1, 0.15) is 42.9 Å². The number of hydrogen-bond donors (Lipinski definition) is 3. The smallest absolute Gasteiger partial charge is 0.309 e. The summed E-state index contributed by atoms with van der Waals surface area (Å²) in [6.07, 6.45) is 4.02. The Bertz CT molecular complexity index is 596. The Morgan fingerprint density at radius 3 is 2.83 bits per heavy atom. The number of nitrogens with one attached hydrogen (secondary N) is 2. The molecule has 1 unspecified atom stereocenters. The van der Waals surface area contributed by atoms with Gasteiger partial charge in [-0.25, -0.2) is 0 Å². The fraction of sp³-hybridized carbons (Fsp3) is 0.529. The summed E-state index contributed by atoms with van der Waals surface area (Å²) >= 11 is 0. The van der Waals surface area contributed by atoms with Crippen LogP contribution in [0.4, 0.5) is 0 Å². The van der Waals surface area contributed by atoms with E-state index in [2.05, 4.69) is 10.6 Å². The standard InChI is InChI=1S/C17H22N2O4/c20-14(11-5-6-15-12(9-11)7-8-23-15)10-18-16(21)17(22)19-13-3-1-2-4-13/h5-6,9,13-14,20H,1-4,7-8,10H2,(H,18,21)(H,19,22). The summed E-state index contributed by atoms with van der Waals surface area (Å²) in [5.74, 6) is -0.465. The number of aliphatic hydroxyl groups excluding tert-OH is 1. The summed E-state index contributed by atoms with van der Waals surface area (Å²) in [4.78, 5) is 23.6. The molecule has 2 aliphatic rings. The molecule has 124 valence electrons. The maximum Gasteiger partial charge on any atom is 0.309 e. The average molecular weight is 318 g/mol. The molecule has 1 heterocycles. The first kappa shape index (κ1) is 15.8. The largest absolute Gasteiger partial charge is 0.493 e. The number of hydrogen-bond acceptors (Lipinski definition) is 4. The SMILES string of the molecule is O=C(NCC(O)c1ccc2c(c1)CCO2)C(=O)NC1CCCC1. The van der Waals surface area contributed by atoms with Crippen LogP contribution in [0, 0.1) is 0 Å². The van der Waals surface area contributed by atoms with Gasteiger partial charge in [-0.2, -0.15) is 0 Å². The van der Waals surface area contributed by atoms with Crippen molar-refractivity contribution in [3.05, 3.63) is 29.3 Å². The highest BCUT2D eigenvalue weighted by Crippen LogP contribution is 2.28. The van der Waals surface area contributed by atoms with Crippen LogP contribution in [0.15, 0.2) is 18.2 Å². The van der Waals surface area contributed by atoms with E-state index in [0.29, 0.717) is 12.2 Å². The second-order valence-electron chi connectivity index (χ2n) is 6.15. The molecule has 0 spiro atoms. The Balaban J connectivity index is 1.49. The van der Waals surface area contributed by atoms with E-state index in [1.54, 1.807) is 6.07 Å². The van der Waals surface area contributed by atoms with Crippen molar-refractivity contribution in [2.24, 2.45) is 0 Å². The van der Waals surface area contributed by atoms with Crippen molar-refractivity contribution in [2.75, 3.05) is 13.2 Å². The summed E-state index contributed by atoms with van der Waals surface area (Å²) in [5, 5.41) is 15.4. The summed E-state index contributed by atoms with van der Waals surface area (Å²) in [6.45, 7) is 0.670. The number of carbonyl (C=O) groups is 2. The highest BCUT2D eigenvalue weighted by Gasteiger charge is 2.22. The van der Waals surface area contributed by atoms with Gasteiger partial charge in [0.1, 0.15) is 5.75 Å². The number of rotatable bonds is 4. The van der Waals surface area contributed by atoms with E-state index < -0.39 is 17.9 Å². The molecule has 0 bridgehead atoms. The van der Waals surface area contributed by atoms with Gasteiger partial charge in [-0.1, -0.05) is 18.9 Å². The number of ether oxygens (including phenoxy) is 1. The van der Waals surface area contributed by atoms with Gasteiger partial charge in [0.2, 0.25) is 0 Å². The van der Waals surface area contributed by atoms with Crippen molar-refractivity contribution >= 4 is 11.8 Å². The van der Waals surface area contributed by atoms with E-state index in [1.165, 1.54) is 0 Å². The molecule has 0 radical (unpaired) electrons. The van der Waals surface area contributed by atoms with Crippen molar-refractivity contribution in [1.82, 2.24) is 10.6 Å². The third kappa shape index (κ3) is 3.82. The second kappa shape index (κ2) is 7.00. The van der Waals surface area contributed by atoms with E-state index in [0.717, 1.165) is 43.4 Å². The Morgan fingerprint density at radius 1 is 1.26 bits per heavy atom. The molecule has 3 N–H and O–H groups in total. The van der Waals surface area contributed by atoms with Crippen molar-refractivity contribution in [1.29, 1.82) is 0 Å². The molecule has 1 aliphatic heterocycles. The van der Waals surface area contributed by atoms with E-state index in [1.807, 2.05) is 12.1 Å². The fourth-order valence-electron chi connectivity index (χ4n) is 3.12. The first-order chi connectivity index (χ1) is 11.1. The topological polar surface area (TPSA) is 87.7 Å². The van der Waals surface area contributed by atoms with Gasteiger partial charge in [0.25, 0.3) is 0 Å².